The molecule has 0 aromatic heterocycles. The predicted molar refractivity (Wildman–Crippen MR) is 126 cm³/mol. The lowest BCUT2D eigenvalue weighted by Gasteiger charge is -2.30. The summed E-state index contributed by atoms with van der Waals surface area (Å²) in [5.74, 6) is -0.502. The summed E-state index contributed by atoms with van der Waals surface area (Å²) >= 11 is 2.17. The maximum absolute atomic E-state index is 12.6. The van der Waals surface area contributed by atoms with Crippen molar-refractivity contribution in [3.63, 3.8) is 0 Å². The smallest absolute Gasteiger partial charge is 0.408 e. The summed E-state index contributed by atoms with van der Waals surface area (Å²) in [6.07, 6.45) is -1.18. The number of alkyl carbamates (subject to hydrolysis) is 1. The average molecular weight is 562 g/mol. The van der Waals surface area contributed by atoms with E-state index in [2.05, 4.69) is 44.1 Å². The molecule has 1 aliphatic carbocycles. The molecule has 0 spiro atoms. The van der Waals surface area contributed by atoms with Crippen LogP contribution in [0.2, 0.25) is 0 Å². The first-order chi connectivity index (χ1) is 15.0. The quantitative estimate of drug-likeness (QED) is 0.188. The van der Waals surface area contributed by atoms with Crippen LogP contribution in [0.5, 0.6) is 0 Å². The van der Waals surface area contributed by atoms with Gasteiger partial charge in [-0.1, -0.05) is 32.9 Å². The highest BCUT2D eigenvalue weighted by Gasteiger charge is 2.35. The van der Waals surface area contributed by atoms with Crippen LogP contribution in [0.15, 0.2) is 24.3 Å². The number of halogens is 1. The maximum atomic E-state index is 12.6. The van der Waals surface area contributed by atoms with E-state index in [9.17, 15) is 19.5 Å². The first kappa shape index (κ1) is 26.1. The van der Waals surface area contributed by atoms with Gasteiger partial charge in [-0.2, -0.15) is 0 Å². The second kappa shape index (κ2) is 11.7. The fourth-order valence-corrected chi connectivity index (χ4v) is 3.30. The molecule has 0 bridgehead atoms. The van der Waals surface area contributed by atoms with E-state index in [0.717, 1.165) is 22.0 Å². The number of hydrogen-bond donors (Lipinski definition) is 6. The van der Waals surface area contributed by atoms with Gasteiger partial charge in [-0.3, -0.25) is 10.2 Å². The Balaban J connectivity index is 1.90. The van der Waals surface area contributed by atoms with E-state index in [1.54, 1.807) is 20.8 Å². The maximum Gasteiger partial charge on any atom is 0.408 e. The molecule has 3 atom stereocenters. The summed E-state index contributed by atoms with van der Waals surface area (Å²) in [6.45, 7) is 5.30. The summed E-state index contributed by atoms with van der Waals surface area (Å²) in [5, 5.41) is 24.5. The molecule has 1 aromatic rings. The minimum absolute atomic E-state index is 0.0845. The number of rotatable bonds is 10. The van der Waals surface area contributed by atoms with Gasteiger partial charge in [0.1, 0.15) is 12.1 Å². The van der Waals surface area contributed by atoms with E-state index in [-0.39, 0.29) is 19.1 Å². The first-order valence-electron chi connectivity index (χ1n) is 10.4. The Morgan fingerprint density at radius 2 is 1.78 bits per heavy atom. The van der Waals surface area contributed by atoms with Crippen molar-refractivity contribution in [3.8, 4) is 0 Å². The molecule has 0 saturated heterocycles. The molecule has 1 fully saturated rings. The average Bonchev–Trinajstić information content (AvgIpc) is 3.49. The number of amides is 3. The van der Waals surface area contributed by atoms with Gasteiger partial charge in [0.2, 0.25) is 0 Å². The largest absolute Gasteiger partial charge is 0.465 e. The second-order valence-corrected chi connectivity index (χ2v) is 10.1. The lowest BCUT2D eigenvalue weighted by Crippen LogP contribution is -2.58. The van der Waals surface area contributed by atoms with Gasteiger partial charge in [-0.15, -0.1) is 0 Å². The molecule has 0 radical (unpaired) electrons. The van der Waals surface area contributed by atoms with Crippen molar-refractivity contribution in [2.45, 2.75) is 64.3 Å². The van der Waals surface area contributed by atoms with E-state index in [1.165, 1.54) is 0 Å². The third kappa shape index (κ3) is 9.17. The molecule has 10 nitrogen and oxygen atoms in total. The van der Waals surface area contributed by atoms with E-state index in [1.807, 2.05) is 24.3 Å². The van der Waals surface area contributed by atoms with E-state index >= 15 is 0 Å². The third-order valence-electron chi connectivity index (χ3n) is 4.85. The minimum atomic E-state index is -1.25. The van der Waals surface area contributed by atoms with Crippen LogP contribution in [0.1, 0.15) is 39.2 Å². The zero-order valence-electron chi connectivity index (χ0n) is 18.4. The number of nitrogens with one attached hydrogen (secondary N) is 4. The lowest BCUT2D eigenvalue weighted by atomic mass is 9.86. The molecule has 178 valence electrons. The van der Waals surface area contributed by atoms with Crippen molar-refractivity contribution in [2.24, 2.45) is 5.41 Å². The number of aliphatic hydroxyl groups excluding tert-OH is 1. The number of ether oxygens (including phenoxy) is 1. The fourth-order valence-electron chi connectivity index (χ4n) is 2.94. The molecular formula is C21H31IN4O6. The van der Waals surface area contributed by atoms with E-state index in [4.69, 9.17) is 9.84 Å². The van der Waals surface area contributed by atoms with Crippen LogP contribution >= 0.6 is 22.6 Å². The lowest BCUT2D eigenvalue weighted by molar-refractivity contribution is -0.126. The van der Waals surface area contributed by atoms with Gasteiger partial charge in [0.25, 0.3) is 5.91 Å². The zero-order valence-corrected chi connectivity index (χ0v) is 20.5. The van der Waals surface area contributed by atoms with Gasteiger partial charge in [0, 0.05) is 10.1 Å². The number of hydrazine groups is 1. The number of aliphatic hydroxyl groups is 1. The normalized spacial score (nSPS) is 16.4. The van der Waals surface area contributed by atoms with Gasteiger partial charge >= 0.3 is 12.2 Å². The molecule has 2 rings (SSSR count). The van der Waals surface area contributed by atoms with Crippen LogP contribution in [0.3, 0.4) is 0 Å². The van der Waals surface area contributed by atoms with Gasteiger partial charge in [-0.05, 0) is 65.0 Å². The van der Waals surface area contributed by atoms with Crippen molar-refractivity contribution >= 4 is 40.7 Å². The van der Waals surface area contributed by atoms with Gasteiger partial charge in [-0.25, -0.2) is 15.0 Å². The zero-order chi connectivity index (χ0) is 23.9. The number of carboxylic acid groups (broad SMARTS) is 1. The Morgan fingerprint density at radius 1 is 1.16 bits per heavy atom. The Bertz CT molecular complexity index is 794. The monoisotopic (exact) mass is 562 g/mol. The fraction of sp³-hybridized carbons (Fsp3) is 0.571. The van der Waals surface area contributed by atoms with Gasteiger partial charge in [0.15, 0.2) is 0 Å². The van der Waals surface area contributed by atoms with Crippen LogP contribution in [-0.2, 0) is 16.0 Å². The molecule has 11 heteroatoms. The van der Waals surface area contributed by atoms with Gasteiger partial charge < -0.3 is 25.6 Å². The molecule has 1 saturated carbocycles. The number of hydrogen-bond acceptors (Lipinski definition) is 6. The first-order valence-corrected chi connectivity index (χ1v) is 11.5. The molecule has 1 aromatic carbocycles. The predicted octanol–water partition coefficient (Wildman–Crippen LogP) is 1.75. The summed E-state index contributed by atoms with van der Waals surface area (Å²) in [4.78, 5) is 35.8. The molecule has 0 heterocycles. The van der Waals surface area contributed by atoms with Crippen LogP contribution in [0, 0.1) is 8.99 Å². The summed E-state index contributed by atoms with van der Waals surface area (Å²) < 4.78 is 6.20. The standard InChI is InChI=1S/C21H31IN4O6/c1-21(2,3)17(25-20(31)32-14-8-9-14)18(28)26-23-11-16(27)15(24-19(29)30)10-12-4-6-13(22)7-5-12/h4-7,14-17,23-24,27H,8-11H2,1-3H3,(H,25,31)(H,26,28)(H,29,30)/t15-,16-,17+/m0/s1. The Kier molecular flexibility index (Phi) is 9.52. The number of carbonyl (C=O) groups excluding carboxylic acids is 2. The SMILES string of the molecule is CC(C)(C)[C@H](NC(=O)OC1CC1)C(=O)NNC[C@H](O)[C@H](Cc1ccc(I)cc1)NC(=O)O. The number of carbonyl (C=O) groups is 3. The second-order valence-electron chi connectivity index (χ2n) is 8.87. The van der Waals surface area contributed by atoms with Crippen LogP contribution < -0.4 is 21.5 Å². The molecule has 1 aliphatic rings. The van der Waals surface area contributed by atoms with Crippen molar-refractivity contribution in [3.05, 3.63) is 33.4 Å². The van der Waals surface area contributed by atoms with Crippen molar-refractivity contribution < 1.29 is 29.3 Å². The molecule has 6 N–H and O–H groups in total. The topological polar surface area (TPSA) is 149 Å². The van der Waals surface area contributed by atoms with E-state index in [0.29, 0.717) is 0 Å². The molecular weight excluding hydrogens is 531 g/mol. The van der Waals surface area contributed by atoms with Crippen molar-refractivity contribution in [2.75, 3.05) is 6.54 Å². The van der Waals surface area contributed by atoms with Crippen molar-refractivity contribution in [1.29, 1.82) is 0 Å². The van der Waals surface area contributed by atoms with Crippen LogP contribution in [0.25, 0.3) is 0 Å². The summed E-state index contributed by atoms with van der Waals surface area (Å²) in [5.41, 5.74) is 5.38. The number of benzene rings is 1. The highest BCUT2D eigenvalue weighted by molar-refractivity contribution is 14.1. The molecule has 3 amide bonds. The Morgan fingerprint density at radius 3 is 2.31 bits per heavy atom. The third-order valence-corrected chi connectivity index (χ3v) is 5.57. The molecule has 32 heavy (non-hydrogen) atoms. The Hall–Kier alpha value is -2.12. The van der Waals surface area contributed by atoms with Crippen molar-refractivity contribution in [1.82, 2.24) is 21.5 Å². The molecule has 0 aliphatic heterocycles. The minimum Gasteiger partial charge on any atom is -0.465 e. The van der Waals surface area contributed by atoms with Crippen LogP contribution in [0.4, 0.5) is 9.59 Å². The summed E-state index contributed by atoms with van der Waals surface area (Å²) in [6, 6.07) is 5.85. The molecule has 0 unspecified atom stereocenters. The van der Waals surface area contributed by atoms with Gasteiger partial charge in [0.05, 0.1) is 12.1 Å². The van der Waals surface area contributed by atoms with E-state index < -0.39 is 41.7 Å². The Labute approximate surface area is 201 Å². The highest BCUT2D eigenvalue weighted by Crippen LogP contribution is 2.24. The summed E-state index contributed by atoms with van der Waals surface area (Å²) in [7, 11) is 0. The van der Waals surface area contributed by atoms with Crippen LogP contribution in [-0.4, -0.2) is 59.1 Å². The highest BCUT2D eigenvalue weighted by atomic mass is 127.